The molecule has 0 aliphatic heterocycles. The topological polar surface area (TPSA) is 38.1 Å². The van der Waals surface area contributed by atoms with Gasteiger partial charge in [-0.15, -0.1) is 0 Å². The molecule has 0 saturated carbocycles. The van der Waals surface area contributed by atoms with Gasteiger partial charge in [-0.2, -0.15) is 0 Å². The maximum absolute atomic E-state index is 6.15. The van der Waals surface area contributed by atoms with E-state index in [9.17, 15) is 0 Å². The summed E-state index contributed by atoms with van der Waals surface area (Å²) in [5.41, 5.74) is 1.05. The lowest BCUT2D eigenvalue weighted by atomic mass is 10.2. The second-order valence-electron chi connectivity index (χ2n) is 4.15. The number of hydrogen-bond acceptors (Lipinski definition) is 3. The van der Waals surface area contributed by atoms with Crippen LogP contribution in [-0.2, 0) is 6.54 Å². The summed E-state index contributed by atoms with van der Waals surface area (Å²) in [7, 11) is 0. The van der Waals surface area contributed by atoms with Gasteiger partial charge in [-0.25, -0.2) is 4.98 Å². The molecule has 0 bridgehead atoms. The third kappa shape index (κ3) is 3.34. The van der Waals surface area contributed by atoms with Crippen molar-refractivity contribution in [3.05, 3.63) is 51.1 Å². The molecule has 1 unspecified atom stereocenters. The molecule has 2 rings (SSSR count). The first-order valence-electron chi connectivity index (χ1n) is 5.66. The van der Waals surface area contributed by atoms with Crippen molar-refractivity contribution < 1.29 is 4.42 Å². The summed E-state index contributed by atoms with van der Waals surface area (Å²) < 4.78 is 6.45. The maximum atomic E-state index is 6.15. The zero-order valence-electron chi connectivity index (χ0n) is 10.2. The Morgan fingerprint density at radius 3 is 2.89 bits per heavy atom. The van der Waals surface area contributed by atoms with Crippen molar-refractivity contribution in [2.24, 2.45) is 0 Å². The summed E-state index contributed by atoms with van der Waals surface area (Å²) in [6, 6.07) is 5.91. The molecule has 96 valence electrons. The first-order valence-corrected chi connectivity index (χ1v) is 6.83. The molecule has 1 heterocycles. The maximum Gasteiger partial charge on any atom is 0.211 e. The molecule has 0 aliphatic rings. The van der Waals surface area contributed by atoms with Crippen LogP contribution in [0.3, 0.4) is 0 Å². The standard InChI is InChI=1S/C13H14BrClN2O/c1-8-6-17-13(18-8)9(2)16-7-10-3-4-11(14)5-12(10)15/h3-6,9,16H,7H2,1-2H3. The van der Waals surface area contributed by atoms with Crippen molar-refractivity contribution in [1.82, 2.24) is 10.3 Å². The van der Waals surface area contributed by atoms with Crippen LogP contribution in [0.15, 0.2) is 33.3 Å². The molecule has 0 radical (unpaired) electrons. The second kappa shape index (κ2) is 5.87. The van der Waals surface area contributed by atoms with E-state index in [1.54, 1.807) is 6.20 Å². The molecule has 0 saturated heterocycles. The fourth-order valence-corrected chi connectivity index (χ4v) is 2.33. The van der Waals surface area contributed by atoms with Gasteiger partial charge >= 0.3 is 0 Å². The van der Waals surface area contributed by atoms with Crippen LogP contribution in [0.2, 0.25) is 5.02 Å². The summed E-state index contributed by atoms with van der Waals surface area (Å²) >= 11 is 9.54. The molecule has 18 heavy (non-hydrogen) atoms. The number of nitrogens with zero attached hydrogens (tertiary/aromatic N) is 1. The van der Waals surface area contributed by atoms with Gasteiger partial charge in [0.15, 0.2) is 0 Å². The van der Waals surface area contributed by atoms with Gasteiger partial charge in [-0.1, -0.05) is 33.6 Å². The molecular weight excluding hydrogens is 316 g/mol. The molecular formula is C13H14BrClN2O. The minimum Gasteiger partial charge on any atom is -0.444 e. The highest BCUT2D eigenvalue weighted by Crippen LogP contribution is 2.22. The fraction of sp³-hybridized carbons (Fsp3) is 0.308. The third-order valence-corrected chi connectivity index (χ3v) is 3.47. The first-order chi connectivity index (χ1) is 8.56. The van der Waals surface area contributed by atoms with Crippen LogP contribution in [0.4, 0.5) is 0 Å². The van der Waals surface area contributed by atoms with E-state index in [0.717, 1.165) is 20.8 Å². The zero-order valence-corrected chi connectivity index (χ0v) is 12.5. The Hall–Kier alpha value is -0.840. The normalized spacial score (nSPS) is 12.7. The van der Waals surface area contributed by atoms with Gasteiger partial charge in [-0.3, -0.25) is 0 Å². The molecule has 0 aliphatic carbocycles. The largest absolute Gasteiger partial charge is 0.444 e. The summed E-state index contributed by atoms with van der Waals surface area (Å²) in [5.74, 6) is 1.51. The number of oxazole rings is 1. The van der Waals surface area contributed by atoms with Crippen LogP contribution in [0.25, 0.3) is 0 Å². The monoisotopic (exact) mass is 328 g/mol. The number of benzene rings is 1. The first kappa shape index (κ1) is 13.6. The molecule has 2 aromatic rings. The molecule has 0 spiro atoms. The molecule has 0 fully saturated rings. The quantitative estimate of drug-likeness (QED) is 0.911. The van der Waals surface area contributed by atoms with E-state index < -0.39 is 0 Å². The van der Waals surface area contributed by atoms with E-state index in [-0.39, 0.29) is 6.04 Å². The predicted octanol–water partition coefficient (Wildman–Crippen LogP) is 4.25. The van der Waals surface area contributed by atoms with Crippen LogP contribution in [0.5, 0.6) is 0 Å². The Morgan fingerprint density at radius 1 is 1.50 bits per heavy atom. The van der Waals surface area contributed by atoms with Gasteiger partial charge in [-0.05, 0) is 31.5 Å². The summed E-state index contributed by atoms with van der Waals surface area (Å²) in [4.78, 5) is 4.19. The number of hydrogen-bond donors (Lipinski definition) is 1. The Balaban J connectivity index is 1.99. The van der Waals surface area contributed by atoms with Gasteiger partial charge in [0.25, 0.3) is 0 Å². The Kier molecular flexibility index (Phi) is 4.43. The van der Waals surface area contributed by atoms with Crippen LogP contribution in [-0.4, -0.2) is 4.98 Å². The minimum atomic E-state index is 0.0541. The average molecular weight is 330 g/mol. The Bertz CT molecular complexity index is 542. The van der Waals surface area contributed by atoms with Crippen LogP contribution in [0, 0.1) is 6.92 Å². The number of nitrogens with one attached hydrogen (secondary N) is 1. The van der Waals surface area contributed by atoms with Crippen LogP contribution < -0.4 is 5.32 Å². The molecule has 1 aromatic heterocycles. The van der Waals surface area contributed by atoms with Crippen LogP contribution >= 0.6 is 27.5 Å². The number of rotatable bonds is 4. The summed E-state index contributed by atoms with van der Waals surface area (Å²) in [5, 5.41) is 4.08. The van der Waals surface area contributed by atoms with Crippen LogP contribution in [0.1, 0.15) is 30.2 Å². The third-order valence-electron chi connectivity index (χ3n) is 2.62. The highest BCUT2D eigenvalue weighted by Gasteiger charge is 2.11. The Labute approximate surface area is 120 Å². The summed E-state index contributed by atoms with van der Waals surface area (Å²) in [6.45, 7) is 4.57. The SMILES string of the molecule is Cc1cnc(C(C)NCc2ccc(Br)cc2Cl)o1. The van der Waals surface area contributed by atoms with E-state index in [0.29, 0.717) is 12.4 Å². The highest BCUT2D eigenvalue weighted by atomic mass is 79.9. The molecule has 1 N–H and O–H groups in total. The van der Waals surface area contributed by atoms with Crippen molar-refractivity contribution in [2.45, 2.75) is 26.4 Å². The van der Waals surface area contributed by atoms with E-state index in [1.165, 1.54) is 0 Å². The molecule has 0 amide bonds. The second-order valence-corrected chi connectivity index (χ2v) is 5.47. The van der Waals surface area contributed by atoms with Gasteiger partial charge in [0.05, 0.1) is 12.2 Å². The highest BCUT2D eigenvalue weighted by molar-refractivity contribution is 9.10. The molecule has 5 heteroatoms. The lowest BCUT2D eigenvalue weighted by molar-refractivity contribution is 0.402. The van der Waals surface area contributed by atoms with Gasteiger partial charge in [0.2, 0.25) is 5.89 Å². The summed E-state index contributed by atoms with van der Waals surface area (Å²) in [6.07, 6.45) is 1.72. The van der Waals surface area contributed by atoms with E-state index >= 15 is 0 Å². The van der Waals surface area contributed by atoms with E-state index in [1.807, 2.05) is 32.0 Å². The number of halogens is 2. The molecule has 1 atom stereocenters. The fourth-order valence-electron chi connectivity index (χ4n) is 1.59. The van der Waals surface area contributed by atoms with E-state index in [4.69, 9.17) is 16.0 Å². The number of aromatic nitrogens is 1. The Morgan fingerprint density at radius 2 is 2.28 bits per heavy atom. The minimum absolute atomic E-state index is 0.0541. The lowest BCUT2D eigenvalue weighted by Crippen LogP contribution is -2.18. The number of aryl methyl sites for hydroxylation is 1. The van der Waals surface area contributed by atoms with Crippen molar-refractivity contribution in [3.8, 4) is 0 Å². The predicted molar refractivity (Wildman–Crippen MR) is 75.6 cm³/mol. The lowest BCUT2D eigenvalue weighted by Gasteiger charge is -2.11. The van der Waals surface area contributed by atoms with Crippen molar-refractivity contribution in [2.75, 3.05) is 0 Å². The molecule has 3 nitrogen and oxygen atoms in total. The average Bonchev–Trinajstić information content (AvgIpc) is 2.74. The van der Waals surface area contributed by atoms with Crippen molar-refractivity contribution >= 4 is 27.5 Å². The van der Waals surface area contributed by atoms with Crippen molar-refractivity contribution in [1.29, 1.82) is 0 Å². The van der Waals surface area contributed by atoms with E-state index in [2.05, 4.69) is 26.2 Å². The van der Waals surface area contributed by atoms with Gasteiger partial charge in [0, 0.05) is 16.0 Å². The smallest absolute Gasteiger partial charge is 0.211 e. The van der Waals surface area contributed by atoms with Crippen molar-refractivity contribution in [3.63, 3.8) is 0 Å². The zero-order chi connectivity index (χ0) is 13.1. The molecule has 1 aromatic carbocycles. The van der Waals surface area contributed by atoms with Gasteiger partial charge < -0.3 is 9.73 Å². The van der Waals surface area contributed by atoms with Gasteiger partial charge in [0.1, 0.15) is 5.76 Å².